The van der Waals surface area contributed by atoms with Crippen LogP contribution in [0.3, 0.4) is 0 Å². The van der Waals surface area contributed by atoms with Crippen LogP contribution in [0.2, 0.25) is 0 Å². The lowest BCUT2D eigenvalue weighted by Gasteiger charge is -2.04. The fourth-order valence-corrected chi connectivity index (χ4v) is 1.21. The fourth-order valence-electron chi connectivity index (χ4n) is 1.21. The lowest BCUT2D eigenvalue weighted by Crippen LogP contribution is -2.08. The summed E-state index contributed by atoms with van der Waals surface area (Å²) >= 11 is 0. The van der Waals surface area contributed by atoms with Crippen LogP contribution >= 0.6 is 0 Å². The van der Waals surface area contributed by atoms with Crippen LogP contribution < -0.4 is 15.8 Å². The SMILES string of the molecule is COc1nc(N)nc(NCc2cc(C)on2)n1. The minimum Gasteiger partial charge on any atom is -0.467 e. The Kier molecular flexibility index (Phi) is 3.03. The lowest BCUT2D eigenvalue weighted by molar-refractivity contribution is 0.379. The molecule has 0 saturated carbocycles. The molecule has 2 aromatic rings. The van der Waals surface area contributed by atoms with Crippen molar-refractivity contribution in [1.82, 2.24) is 20.1 Å². The van der Waals surface area contributed by atoms with Gasteiger partial charge < -0.3 is 20.3 Å². The predicted octanol–water partition coefficient (Wildman–Crippen LogP) is 0.371. The normalized spacial score (nSPS) is 10.2. The number of aromatic nitrogens is 4. The van der Waals surface area contributed by atoms with Gasteiger partial charge in [0.25, 0.3) is 0 Å². The number of nitrogen functional groups attached to an aromatic ring is 1. The van der Waals surface area contributed by atoms with E-state index in [9.17, 15) is 0 Å². The largest absolute Gasteiger partial charge is 0.467 e. The van der Waals surface area contributed by atoms with Gasteiger partial charge in [0.15, 0.2) is 0 Å². The van der Waals surface area contributed by atoms with Crippen molar-refractivity contribution < 1.29 is 9.26 Å². The van der Waals surface area contributed by atoms with Gasteiger partial charge >= 0.3 is 6.01 Å². The molecule has 0 aromatic carbocycles. The number of anilines is 2. The second-order valence-corrected chi connectivity index (χ2v) is 3.29. The molecule has 0 aliphatic rings. The molecule has 0 aliphatic carbocycles. The van der Waals surface area contributed by atoms with E-state index in [-0.39, 0.29) is 12.0 Å². The van der Waals surface area contributed by atoms with Gasteiger partial charge in [-0.15, -0.1) is 0 Å². The zero-order valence-corrected chi connectivity index (χ0v) is 9.47. The van der Waals surface area contributed by atoms with Crippen molar-refractivity contribution >= 4 is 11.9 Å². The molecule has 8 heteroatoms. The molecular weight excluding hydrogens is 224 g/mol. The maximum Gasteiger partial charge on any atom is 0.322 e. The van der Waals surface area contributed by atoms with Crippen LogP contribution in [0.1, 0.15) is 11.5 Å². The number of hydrogen-bond acceptors (Lipinski definition) is 8. The Balaban J connectivity index is 2.05. The third-order valence-corrected chi connectivity index (χ3v) is 1.92. The molecular formula is C9H12N6O2. The van der Waals surface area contributed by atoms with Crippen LogP contribution in [0, 0.1) is 6.92 Å². The van der Waals surface area contributed by atoms with Crippen LogP contribution in [0.15, 0.2) is 10.6 Å². The molecule has 0 saturated heterocycles. The average Bonchev–Trinajstić information content (AvgIpc) is 2.72. The highest BCUT2D eigenvalue weighted by molar-refractivity contribution is 5.33. The first kappa shape index (κ1) is 11.1. The average molecular weight is 236 g/mol. The second-order valence-electron chi connectivity index (χ2n) is 3.29. The van der Waals surface area contributed by atoms with Crippen LogP contribution in [-0.4, -0.2) is 27.2 Å². The summed E-state index contributed by atoms with van der Waals surface area (Å²) in [6, 6.07) is 1.98. The van der Waals surface area contributed by atoms with Gasteiger partial charge in [0.05, 0.1) is 13.7 Å². The molecule has 0 atom stereocenters. The summed E-state index contributed by atoms with van der Waals surface area (Å²) in [5.74, 6) is 1.17. The summed E-state index contributed by atoms with van der Waals surface area (Å²) in [4.78, 5) is 11.7. The molecule has 0 fully saturated rings. The first-order valence-corrected chi connectivity index (χ1v) is 4.89. The predicted molar refractivity (Wildman–Crippen MR) is 59.4 cm³/mol. The Labute approximate surface area is 97.2 Å². The van der Waals surface area contributed by atoms with Gasteiger partial charge in [0.1, 0.15) is 11.5 Å². The van der Waals surface area contributed by atoms with E-state index in [1.165, 1.54) is 7.11 Å². The highest BCUT2D eigenvalue weighted by atomic mass is 16.5. The van der Waals surface area contributed by atoms with E-state index in [4.69, 9.17) is 15.0 Å². The number of ether oxygens (including phenoxy) is 1. The number of nitrogens with two attached hydrogens (primary N) is 1. The standard InChI is InChI=1S/C9H12N6O2/c1-5-3-6(15-17-5)4-11-8-12-7(10)13-9(14-8)16-2/h3H,4H2,1-2H3,(H3,10,11,12,13,14). The van der Waals surface area contributed by atoms with E-state index in [1.54, 1.807) is 0 Å². The first-order valence-electron chi connectivity index (χ1n) is 4.89. The molecule has 17 heavy (non-hydrogen) atoms. The van der Waals surface area contributed by atoms with Crippen LogP contribution in [0.4, 0.5) is 11.9 Å². The first-order chi connectivity index (χ1) is 8.17. The van der Waals surface area contributed by atoms with Gasteiger partial charge in [-0.05, 0) is 6.92 Å². The van der Waals surface area contributed by atoms with Crippen molar-refractivity contribution in [2.24, 2.45) is 0 Å². The minimum absolute atomic E-state index is 0.0932. The third kappa shape index (κ3) is 2.80. The van der Waals surface area contributed by atoms with Crippen LogP contribution in [0.5, 0.6) is 6.01 Å². The van der Waals surface area contributed by atoms with Crippen molar-refractivity contribution in [3.63, 3.8) is 0 Å². The molecule has 90 valence electrons. The van der Waals surface area contributed by atoms with Crippen LogP contribution in [0.25, 0.3) is 0 Å². The van der Waals surface area contributed by atoms with Crippen molar-refractivity contribution in [2.45, 2.75) is 13.5 Å². The maximum atomic E-state index is 5.49. The Hall–Kier alpha value is -2.38. The van der Waals surface area contributed by atoms with Gasteiger partial charge in [-0.1, -0.05) is 5.16 Å². The Bertz CT molecular complexity index is 512. The molecule has 0 unspecified atom stereocenters. The quantitative estimate of drug-likeness (QED) is 0.783. The second kappa shape index (κ2) is 4.64. The van der Waals surface area contributed by atoms with Crippen LogP contribution in [-0.2, 0) is 6.54 Å². The third-order valence-electron chi connectivity index (χ3n) is 1.92. The van der Waals surface area contributed by atoms with Crippen molar-refractivity contribution in [1.29, 1.82) is 0 Å². The zero-order chi connectivity index (χ0) is 12.3. The fraction of sp³-hybridized carbons (Fsp3) is 0.333. The molecule has 0 radical (unpaired) electrons. The molecule has 2 aromatic heterocycles. The van der Waals surface area contributed by atoms with Crippen molar-refractivity contribution in [3.8, 4) is 6.01 Å². The van der Waals surface area contributed by atoms with Crippen molar-refractivity contribution in [2.75, 3.05) is 18.2 Å². The number of nitrogens with zero attached hydrogens (tertiary/aromatic N) is 4. The summed E-state index contributed by atoms with van der Waals surface area (Å²) < 4.78 is 9.80. The minimum atomic E-state index is 0.0932. The molecule has 0 bridgehead atoms. The smallest absolute Gasteiger partial charge is 0.322 e. The van der Waals surface area contributed by atoms with Gasteiger partial charge in [-0.2, -0.15) is 15.0 Å². The molecule has 0 aliphatic heterocycles. The molecule has 8 nitrogen and oxygen atoms in total. The van der Waals surface area contributed by atoms with E-state index in [2.05, 4.69) is 25.4 Å². The molecule has 0 spiro atoms. The summed E-state index contributed by atoms with van der Waals surface area (Å²) in [7, 11) is 1.46. The number of hydrogen-bond donors (Lipinski definition) is 2. The number of aryl methyl sites for hydroxylation is 1. The highest BCUT2D eigenvalue weighted by Gasteiger charge is 2.05. The monoisotopic (exact) mass is 236 g/mol. The highest BCUT2D eigenvalue weighted by Crippen LogP contribution is 2.09. The Morgan fingerprint density at radius 3 is 2.88 bits per heavy atom. The summed E-state index contributed by atoms with van der Waals surface area (Å²) in [5, 5.41) is 6.77. The van der Waals surface area contributed by atoms with Gasteiger partial charge in [-0.25, -0.2) is 0 Å². The maximum absolute atomic E-state index is 5.49. The lowest BCUT2D eigenvalue weighted by atomic mass is 10.4. The number of nitrogens with one attached hydrogen (secondary N) is 1. The molecule has 0 amide bonds. The molecule has 2 rings (SSSR count). The molecule has 2 heterocycles. The van der Waals surface area contributed by atoms with E-state index in [1.807, 2.05) is 13.0 Å². The van der Waals surface area contributed by atoms with Gasteiger partial charge in [-0.3, -0.25) is 0 Å². The summed E-state index contributed by atoms with van der Waals surface area (Å²) in [6.45, 7) is 2.25. The number of methoxy groups -OCH3 is 1. The van der Waals surface area contributed by atoms with E-state index >= 15 is 0 Å². The zero-order valence-electron chi connectivity index (χ0n) is 9.47. The Morgan fingerprint density at radius 1 is 1.41 bits per heavy atom. The number of rotatable bonds is 4. The summed E-state index contributed by atoms with van der Waals surface area (Å²) in [6.07, 6.45) is 0. The summed E-state index contributed by atoms with van der Waals surface area (Å²) in [5.41, 5.74) is 6.24. The van der Waals surface area contributed by atoms with E-state index < -0.39 is 0 Å². The van der Waals surface area contributed by atoms with E-state index in [0.29, 0.717) is 12.5 Å². The van der Waals surface area contributed by atoms with E-state index in [0.717, 1.165) is 11.5 Å². The van der Waals surface area contributed by atoms with Gasteiger partial charge in [0, 0.05) is 6.07 Å². The topological polar surface area (TPSA) is 112 Å². The van der Waals surface area contributed by atoms with Crippen molar-refractivity contribution in [3.05, 3.63) is 17.5 Å². The Morgan fingerprint density at radius 2 is 2.24 bits per heavy atom. The van der Waals surface area contributed by atoms with Gasteiger partial charge in [0.2, 0.25) is 11.9 Å². The molecule has 3 N–H and O–H groups in total.